The van der Waals surface area contributed by atoms with Crippen molar-refractivity contribution in [2.45, 2.75) is 161 Å². The number of likely N-dealkylation sites (tertiary alicyclic amines) is 1. The van der Waals surface area contributed by atoms with Crippen molar-refractivity contribution in [3.63, 3.8) is 0 Å². The molecule has 1 fully saturated rings. The van der Waals surface area contributed by atoms with Crippen LogP contribution in [0.5, 0.6) is 5.75 Å². The predicted molar refractivity (Wildman–Crippen MR) is 224 cm³/mol. The number of amides is 4. The number of hydrogen-bond acceptors (Lipinski definition) is 13. The number of carbonyl (C=O) groups is 6. The topological polar surface area (TPSA) is 300 Å². The summed E-state index contributed by atoms with van der Waals surface area (Å²) in [4.78, 5) is 82.2. The van der Waals surface area contributed by atoms with E-state index in [0.717, 1.165) is 10.5 Å². The molecular weight excluding hydrogens is 817 g/mol. The van der Waals surface area contributed by atoms with Gasteiger partial charge in [-0.3, -0.25) is 33.9 Å². The molecule has 3 rings (SSSR count). The molecule has 342 valence electrons. The van der Waals surface area contributed by atoms with Crippen LogP contribution in [0.15, 0.2) is 9.89 Å². The second kappa shape index (κ2) is 19.7. The Labute approximate surface area is 357 Å². The summed E-state index contributed by atoms with van der Waals surface area (Å²) in [5, 5.41) is 16.7. The fourth-order valence-corrected chi connectivity index (χ4v) is 8.49. The molecule has 1 aromatic carbocycles. The molecule has 9 N–H and O–H groups in total. The van der Waals surface area contributed by atoms with Gasteiger partial charge in [-0.15, -0.1) is 0 Å². The van der Waals surface area contributed by atoms with E-state index in [2.05, 4.69) is 25.7 Å². The van der Waals surface area contributed by atoms with Crippen LogP contribution in [0.3, 0.4) is 0 Å². The number of rotatable bonds is 15. The number of guanidine groups is 1. The number of nitrogens with zero attached hydrogens (tertiary/aromatic N) is 2. The number of fused-ring (bicyclic) bond motifs is 1. The lowest BCUT2D eigenvalue weighted by Gasteiger charge is -2.35. The van der Waals surface area contributed by atoms with E-state index in [1.165, 1.54) is 0 Å². The normalized spacial score (nSPS) is 18.8. The van der Waals surface area contributed by atoms with Gasteiger partial charge in [-0.2, -0.15) is 0 Å². The fraction of sp³-hybridized carbons (Fsp3) is 0.675. The highest BCUT2D eigenvalue weighted by molar-refractivity contribution is 7.90. The third-order valence-electron chi connectivity index (χ3n) is 9.88. The van der Waals surface area contributed by atoms with Gasteiger partial charge in [-0.1, -0.05) is 0 Å². The van der Waals surface area contributed by atoms with Crippen molar-refractivity contribution in [1.82, 2.24) is 25.6 Å². The second-order valence-corrected chi connectivity index (χ2v) is 19.7. The molecule has 4 atom stereocenters. The van der Waals surface area contributed by atoms with Crippen LogP contribution >= 0.6 is 0 Å². The number of aliphatic carboxylic acids is 1. The molecule has 4 amide bonds. The Morgan fingerprint density at radius 1 is 0.984 bits per heavy atom. The van der Waals surface area contributed by atoms with Crippen LogP contribution in [0, 0.1) is 20.8 Å². The van der Waals surface area contributed by atoms with Gasteiger partial charge in [0, 0.05) is 19.1 Å². The quantitative estimate of drug-likeness (QED) is 0.0566. The molecule has 2 heterocycles. The summed E-state index contributed by atoms with van der Waals surface area (Å²) in [5.74, 6) is -4.16. The zero-order valence-corrected chi connectivity index (χ0v) is 37.9. The summed E-state index contributed by atoms with van der Waals surface area (Å²) in [5.41, 5.74) is 12.4. The minimum Gasteiger partial charge on any atom is -0.487 e. The van der Waals surface area contributed by atoms with Gasteiger partial charge in [0.2, 0.25) is 23.7 Å². The van der Waals surface area contributed by atoms with Gasteiger partial charge in [-0.05, 0) is 131 Å². The zero-order valence-electron chi connectivity index (χ0n) is 37.1. The first-order valence-electron chi connectivity index (χ1n) is 20.1. The van der Waals surface area contributed by atoms with Crippen molar-refractivity contribution in [2.24, 2.45) is 16.5 Å². The van der Waals surface area contributed by atoms with Crippen LogP contribution in [0.25, 0.3) is 0 Å². The highest BCUT2D eigenvalue weighted by Crippen LogP contribution is 2.42. The lowest BCUT2D eigenvalue weighted by Crippen LogP contribution is -2.54. The largest absolute Gasteiger partial charge is 0.487 e. The number of carbonyl (C=O) groups excluding carboxylic acids is 5. The second-order valence-electron chi connectivity index (χ2n) is 18.0. The molecule has 0 saturated carbocycles. The average Bonchev–Trinajstić information content (AvgIpc) is 3.52. The number of nitrogens with two attached hydrogens (primary N) is 2. The molecule has 2 aliphatic heterocycles. The van der Waals surface area contributed by atoms with Crippen molar-refractivity contribution >= 4 is 51.7 Å². The average molecular weight is 881 g/mol. The Morgan fingerprint density at radius 2 is 1.61 bits per heavy atom. The smallest absolute Gasteiger partial charge is 0.411 e. The maximum Gasteiger partial charge on any atom is 0.411 e. The highest BCUT2D eigenvalue weighted by atomic mass is 32.2. The van der Waals surface area contributed by atoms with E-state index in [-0.39, 0.29) is 37.2 Å². The van der Waals surface area contributed by atoms with Gasteiger partial charge in [0.25, 0.3) is 10.0 Å². The van der Waals surface area contributed by atoms with E-state index in [1.54, 1.807) is 62.3 Å². The monoisotopic (exact) mass is 880 g/mol. The van der Waals surface area contributed by atoms with Crippen LogP contribution < -0.4 is 36.9 Å². The lowest BCUT2D eigenvalue weighted by atomic mass is 9.88. The third kappa shape index (κ3) is 14.5. The maximum absolute atomic E-state index is 13.9. The van der Waals surface area contributed by atoms with E-state index < -0.39 is 106 Å². The van der Waals surface area contributed by atoms with Crippen LogP contribution in [0.1, 0.15) is 110 Å². The summed E-state index contributed by atoms with van der Waals surface area (Å²) in [7, 11) is -4.20. The van der Waals surface area contributed by atoms with E-state index in [9.17, 15) is 42.3 Å². The number of ether oxygens (including phenoxy) is 3. The molecule has 0 aromatic heterocycles. The number of sulfonamides is 1. The minimum atomic E-state index is -4.20. The molecule has 20 nitrogen and oxygen atoms in total. The summed E-state index contributed by atoms with van der Waals surface area (Å²) in [6, 6.07) is -4.72. The Bertz CT molecular complexity index is 2010. The van der Waals surface area contributed by atoms with Crippen molar-refractivity contribution < 1.29 is 56.5 Å². The number of hydrogen-bond donors (Lipinski definition) is 7. The molecule has 21 heteroatoms. The fourth-order valence-electron chi connectivity index (χ4n) is 6.96. The molecule has 0 aliphatic carbocycles. The number of esters is 1. The van der Waals surface area contributed by atoms with E-state index in [1.807, 2.05) is 13.8 Å². The number of carboxylic acids is 1. The van der Waals surface area contributed by atoms with Gasteiger partial charge in [0.05, 0.1) is 17.4 Å². The zero-order chi connectivity index (χ0) is 46.4. The first-order valence-corrected chi connectivity index (χ1v) is 21.6. The van der Waals surface area contributed by atoms with Gasteiger partial charge >= 0.3 is 18.0 Å². The van der Waals surface area contributed by atoms with Crippen LogP contribution in [-0.4, -0.2) is 121 Å². The summed E-state index contributed by atoms with van der Waals surface area (Å²) in [6.45, 7) is 18.0. The maximum atomic E-state index is 13.9. The molecule has 0 bridgehead atoms. The van der Waals surface area contributed by atoms with Crippen LogP contribution in [-0.2, 0) is 49.9 Å². The summed E-state index contributed by atoms with van der Waals surface area (Å²) in [6.07, 6.45) is -0.160. The SMILES string of the molecule is Cc1c(C)c(S(=O)(=O)NC(N)=NCCC[C@H](NC(=O)[C@@H]2C[C@H](NC(=O)[C@@H](N)CC(=O)OC(C)(C)C)CN2C(=O)OC(C)(C)C)C(=O)NCC(=O)O)c(C)c2c1OC(C)(C)CC2. The van der Waals surface area contributed by atoms with Crippen molar-refractivity contribution in [2.75, 3.05) is 19.6 Å². The standard InChI is InChI=1S/C40H64N8O12S/c1-21-22(2)32(23(3)25-14-15-40(10,11)59-31(21)25)61(56,57)47-36(42)43-16-12-13-27(34(53)44-19-29(49)50)46-35(54)28-17-24(20-48(28)37(55)60-39(7,8)9)45-33(52)26(41)18-30(51)58-38(4,5)6/h24,26-28H,12-20,41H2,1-11H3,(H,44,53)(H,45,52)(H,46,54)(H,49,50)(H3,42,43,47)/t24-,26-,27-,28-/m0/s1. The molecule has 0 spiro atoms. The molecule has 61 heavy (non-hydrogen) atoms. The number of nitrogens with one attached hydrogen (secondary N) is 4. The Balaban J connectivity index is 1.76. The van der Waals surface area contributed by atoms with Gasteiger partial charge in [0.15, 0.2) is 0 Å². The first-order chi connectivity index (χ1) is 27.9. The molecule has 1 saturated heterocycles. The highest BCUT2D eigenvalue weighted by Gasteiger charge is 2.43. The molecule has 2 aliphatic rings. The minimum absolute atomic E-state index is 0.0612. The van der Waals surface area contributed by atoms with Crippen molar-refractivity contribution in [1.29, 1.82) is 0 Å². The summed E-state index contributed by atoms with van der Waals surface area (Å²) < 4.78 is 46.6. The number of carboxylic acid groups (broad SMARTS) is 1. The Kier molecular flexibility index (Phi) is 16.2. The van der Waals surface area contributed by atoms with Gasteiger partial charge in [0.1, 0.15) is 41.2 Å². The molecule has 0 unspecified atom stereocenters. The van der Waals surface area contributed by atoms with Crippen molar-refractivity contribution in [3.05, 3.63) is 22.3 Å². The lowest BCUT2D eigenvalue weighted by molar-refractivity contribution is -0.156. The molecule has 1 aromatic rings. The van der Waals surface area contributed by atoms with E-state index in [0.29, 0.717) is 35.3 Å². The molecular formula is C40H64N8O12S. The van der Waals surface area contributed by atoms with E-state index >= 15 is 0 Å². The van der Waals surface area contributed by atoms with Gasteiger partial charge < -0.3 is 46.7 Å². The first kappa shape index (κ1) is 50.2. The number of aliphatic imine (C=N–C) groups is 1. The van der Waals surface area contributed by atoms with Crippen LogP contribution in [0.2, 0.25) is 0 Å². The van der Waals surface area contributed by atoms with E-state index in [4.69, 9.17) is 25.7 Å². The van der Waals surface area contributed by atoms with Crippen molar-refractivity contribution in [3.8, 4) is 5.75 Å². The Morgan fingerprint density at radius 3 is 2.20 bits per heavy atom. The molecule has 0 radical (unpaired) electrons. The third-order valence-corrected chi connectivity index (χ3v) is 11.5. The van der Waals surface area contributed by atoms with Gasteiger partial charge in [-0.25, -0.2) is 17.9 Å². The number of benzene rings is 1. The Hall–Kier alpha value is -5.18. The summed E-state index contributed by atoms with van der Waals surface area (Å²) >= 11 is 0. The predicted octanol–water partition coefficient (Wildman–Crippen LogP) is 1.33. The van der Waals surface area contributed by atoms with Crippen LogP contribution in [0.4, 0.5) is 4.79 Å².